The van der Waals surface area contributed by atoms with Crippen molar-refractivity contribution in [2.24, 2.45) is 0 Å². The molecule has 17 heavy (non-hydrogen) atoms. The van der Waals surface area contributed by atoms with Crippen molar-refractivity contribution in [1.82, 2.24) is 9.88 Å². The van der Waals surface area contributed by atoms with Crippen molar-refractivity contribution in [3.8, 4) is 0 Å². The normalized spacial score (nSPS) is 10.9. The molecule has 0 saturated carbocycles. The first kappa shape index (κ1) is 14.4. The molecule has 0 radical (unpaired) electrons. The molecule has 1 rings (SSSR count). The lowest BCUT2D eigenvalue weighted by Gasteiger charge is -2.21. The van der Waals surface area contributed by atoms with Crippen molar-refractivity contribution in [2.75, 3.05) is 44.9 Å². The first-order chi connectivity index (χ1) is 7.91. The van der Waals surface area contributed by atoms with Crippen LogP contribution in [0.5, 0.6) is 0 Å². The van der Waals surface area contributed by atoms with Crippen LogP contribution in [0.4, 0.5) is 11.6 Å². The Morgan fingerprint density at radius 1 is 1.18 bits per heavy atom. The Labute approximate surface area is 112 Å². The molecule has 96 valence electrons. The van der Waals surface area contributed by atoms with Gasteiger partial charge in [0.2, 0.25) is 0 Å². The third kappa shape index (κ3) is 4.22. The van der Waals surface area contributed by atoms with E-state index >= 15 is 0 Å². The van der Waals surface area contributed by atoms with Crippen LogP contribution < -0.4 is 10.6 Å². The van der Waals surface area contributed by atoms with Crippen LogP contribution in [0.25, 0.3) is 0 Å². The summed E-state index contributed by atoms with van der Waals surface area (Å²) < 4.78 is 0. The molecule has 6 heteroatoms. The summed E-state index contributed by atoms with van der Waals surface area (Å²) in [6, 6.07) is 1.63. The van der Waals surface area contributed by atoms with Crippen LogP contribution in [-0.4, -0.2) is 44.1 Å². The quantitative estimate of drug-likeness (QED) is 0.897. The fourth-order valence-electron chi connectivity index (χ4n) is 1.47. The summed E-state index contributed by atoms with van der Waals surface area (Å²) in [4.78, 5) is 8.32. The van der Waals surface area contributed by atoms with Crippen molar-refractivity contribution >= 4 is 34.8 Å². The number of hydrogen-bond acceptors (Lipinski definition) is 4. The molecule has 0 atom stereocenters. The third-order valence-corrected chi connectivity index (χ3v) is 2.98. The van der Waals surface area contributed by atoms with Crippen molar-refractivity contribution in [2.45, 2.75) is 6.42 Å². The van der Waals surface area contributed by atoms with E-state index < -0.39 is 0 Å². The van der Waals surface area contributed by atoms with Crippen LogP contribution in [0.2, 0.25) is 10.0 Å². The van der Waals surface area contributed by atoms with Gasteiger partial charge in [-0.15, -0.1) is 0 Å². The lowest BCUT2D eigenvalue weighted by atomic mass is 10.3. The number of anilines is 2. The molecule has 0 fully saturated rings. The summed E-state index contributed by atoms with van der Waals surface area (Å²) in [6.07, 6.45) is 1.03. The molecule has 0 aromatic carbocycles. The number of nitrogens with two attached hydrogens (primary N) is 1. The molecule has 1 heterocycles. The number of aromatic nitrogens is 1. The molecular formula is C11H18Cl2N4. The Morgan fingerprint density at radius 3 is 2.41 bits per heavy atom. The first-order valence-electron chi connectivity index (χ1n) is 5.39. The van der Waals surface area contributed by atoms with Gasteiger partial charge in [0.1, 0.15) is 11.6 Å². The van der Waals surface area contributed by atoms with E-state index in [4.69, 9.17) is 28.9 Å². The summed E-state index contributed by atoms with van der Waals surface area (Å²) in [5.41, 5.74) is 5.67. The summed E-state index contributed by atoms with van der Waals surface area (Å²) in [5.74, 6) is 0.984. The molecule has 0 spiro atoms. The Balaban J connectivity index is 2.68. The maximum Gasteiger partial charge on any atom is 0.149 e. The van der Waals surface area contributed by atoms with Gasteiger partial charge in [-0.25, -0.2) is 4.98 Å². The summed E-state index contributed by atoms with van der Waals surface area (Å²) >= 11 is 11.9. The molecule has 1 aromatic heterocycles. The molecule has 0 aliphatic rings. The van der Waals surface area contributed by atoms with Gasteiger partial charge in [0.05, 0.1) is 10.0 Å². The monoisotopic (exact) mass is 276 g/mol. The van der Waals surface area contributed by atoms with Gasteiger partial charge in [0, 0.05) is 13.6 Å². The summed E-state index contributed by atoms with van der Waals surface area (Å²) in [7, 11) is 6.04. The molecule has 1 aromatic rings. The Hall–Kier alpha value is -0.710. The van der Waals surface area contributed by atoms with Crippen LogP contribution in [-0.2, 0) is 0 Å². The second kappa shape index (κ2) is 6.28. The standard InChI is InChI=1S/C11H18Cl2N4/c1-16(2)5-4-6-17(3)11-9(13)7-8(12)10(14)15-11/h7H,4-6H2,1-3H3,(H2,14,15). The zero-order valence-electron chi connectivity index (χ0n) is 10.4. The maximum absolute atomic E-state index is 6.08. The molecule has 2 N–H and O–H groups in total. The molecule has 0 amide bonds. The summed E-state index contributed by atoms with van der Waals surface area (Å²) in [6.45, 7) is 1.89. The van der Waals surface area contributed by atoms with E-state index in [9.17, 15) is 0 Å². The third-order valence-electron chi connectivity index (χ3n) is 2.40. The maximum atomic E-state index is 6.08. The van der Waals surface area contributed by atoms with Crippen LogP contribution in [0.15, 0.2) is 6.07 Å². The predicted molar refractivity (Wildman–Crippen MR) is 75.1 cm³/mol. The van der Waals surface area contributed by atoms with Gasteiger partial charge in [-0.2, -0.15) is 0 Å². The van der Waals surface area contributed by atoms with Crippen LogP contribution in [0.1, 0.15) is 6.42 Å². The van der Waals surface area contributed by atoms with E-state index in [0.717, 1.165) is 19.5 Å². The van der Waals surface area contributed by atoms with Crippen LogP contribution in [0, 0.1) is 0 Å². The second-order valence-corrected chi connectivity index (χ2v) is 5.05. The lowest BCUT2D eigenvalue weighted by molar-refractivity contribution is 0.401. The lowest BCUT2D eigenvalue weighted by Crippen LogP contribution is -2.24. The van der Waals surface area contributed by atoms with E-state index in [-0.39, 0.29) is 0 Å². The molecule has 0 saturated heterocycles. The van der Waals surface area contributed by atoms with E-state index in [1.807, 2.05) is 26.0 Å². The van der Waals surface area contributed by atoms with Crippen LogP contribution in [0.3, 0.4) is 0 Å². The fraction of sp³-hybridized carbons (Fsp3) is 0.545. The van der Waals surface area contributed by atoms with E-state index in [2.05, 4.69) is 9.88 Å². The highest BCUT2D eigenvalue weighted by Gasteiger charge is 2.11. The SMILES string of the molecule is CN(C)CCCN(C)c1nc(N)c(Cl)cc1Cl. The molecule has 0 bridgehead atoms. The van der Waals surface area contributed by atoms with Crippen molar-refractivity contribution < 1.29 is 0 Å². The minimum atomic E-state index is 0.311. The van der Waals surface area contributed by atoms with Gasteiger partial charge in [-0.3, -0.25) is 0 Å². The largest absolute Gasteiger partial charge is 0.382 e. The average Bonchev–Trinajstić information content (AvgIpc) is 2.22. The van der Waals surface area contributed by atoms with E-state index in [1.54, 1.807) is 6.07 Å². The van der Waals surface area contributed by atoms with Gasteiger partial charge in [-0.1, -0.05) is 23.2 Å². The van der Waals surface area contributed by atoms with Gasteiger partial charge in [0.15, 0.2) is 0 Å². The highest BCUT2D eigenvalue weighted by Crippen LogP contribution is 2.29. The topological polar surface area (TPSA) is 45.4 Å². The number of halogens is 2. The highest BCUT2D eigenvalue weighted by molar-refractivity contribution is 6.37. The van der Waals surface area contributed by atoms with Crippen molar-refractivity contribution in [3.05, 3.63) is 16.1 Å². The molecule has 4 nitrogen and oxygen atoms in total. The number of pyridine rings is 1. The Morgan fingerprint density at radius 2 is 1.82 bits per heavy atom. The van der Waals surface area contributed by atoms with Gasteiger partial charge in [-0.05, 0) is 33.1 Å². The first-order valence-corrected chi connectivity index (χ1v) is 6.14. The second-order valence-electron chi connectivity index (χ2n) is 4.24. The van der Waals surface area contributed by atoms with Gasteiger partial charge < -0.3 is 15.5 Å². The zero-order chi connectivity index (χ0) is 13.0. The summed E-state index contributed by atoms with van der Waals surface area (Å²) in [5, 5.41) is 0.914. The van der Waals surface area contributed by atoms with Gasteiger partial charge >= 0.3 is 0 Å². The highest BCUT2D eigenvalue weighted by atomic mass is 35.5. The van der Waals surface area contributed by atoms with E-state index in [1.165, 1.54) is 0 Å². The average molecular weight is 277 g/mol. The van der Waals surface area contributed by atoms with Crippen molar-refractivity contribution in [3.63, 3.8) is 0 Å². The minimum Gasteiger partial charge on any atom is -0.382 e. The number of nitrogen functional groups attached to an aromatic ring is 1. The smallest absolute Gasteiger partial charge is 0.149 e. The molecule has 0 aliphatic carbocycles. The molecular weight excluding hydrogens is 259 g/mol. The number of rotatable bonds is 5. The van der Waals surface area contributed by atoms with E-state index in [0.29, 0.717) is 21.7 Å². The Kier molecular flexibility index (Phi) is 5.31. The fourth-order valence-corrected chi connectivity index (χ4v) is 1.97. The van der Waals surface area contributed by atoms with Crippen LogP contribution >= 0.6 is 23.2 Å². The van der Waals surface area contributed by atoms with Gasteiger partial charge in [0.25, 0.3) is 0 Å². The molecule has 0 aliphatic heterocycles. The predicted octanol–water partition coefficient (Wildman–Crippen LogP) is 2.36. The molecule has 0 unspecified atom stereocenters. The Bertz CT molecular complexity index is 382. The number of hydrogen-bond donors (Lipinski definition) is 1. The minimum absolute atomic E-state index is 0.311. The zero-order valence-corrected chi connectivity index (χ0v) is 11.9. The van der Waals surface area contributed by atoms with Crippen molar-refractivity contribution in [1.29, 1.82) is 0 Å². The number of nitrogens with zero attached hydrogens (tertiary/aromatic N) is 3.